The van der Waals surface area contributed by atoms with Crippen molar-refractivity contribution in [1.82, 2.24) is 15.1 Å². The van der Waals surface area contributed by atoms with Gasteiger partial charge in [-0.05, 0) is 43.4 Å². The Morgan fingerprint density at radius 3 is 3.00 bits per heavy atom. The summed E-state index contributed by atoms with van der Waals surface area (Å²) in [6.07, 6.45) is 2.42. The van der Waals surface area contributed by atoms with E-state index >= 15 is 0 Å². The molecule has 3 rings (SSSR count). The molecule has 3 N–H and O–H groups in total. The van der Waals surface area contributed by atoms with E-state index in [-0.39, 0.29) is 17.7 Å². The highest BCUT2D eigenvalue weighted by molar-refractivity contribution is 5.99. The smallest absolute Gasteiger partial charge is 0.252 e. The number of benzene rings is 1. The molecule has 0 saturated carbocycles. The Balaban J connectivity index is 1.68. The summed E-state index contributed by atoms with van der Waals surface area (Å²) in [6, 6.07) is 4.95. The van der Waals surface area contributed by atoms with E-state index in [2.05, 4.69) is 15.5 Å². The van der Waals surface area contributed by atoms with E-state index in [1.54, 1.807) is 12.3 Å². The van der Waals surface area contributed by atoms with Crippen LogP contribution in [0.4, 0.5) is 5.69 Å². The maximum absolute atomic E-state index is 12.6. The number of aliphatic hydroxyl groups is 1. The van der Waals surface area contributed by atoms with E-state index in [0.717, 1.165) is 17.3 Å². The van der Waals surface area contributed by atoms with Crippen LogP contribution in [0.2, 0.25) is 0 Å². The Labute approximate surface area is 146 Å². The summed E-state index contributed by atoms with van der Waals surface area (Å²) in [6.45, 7) is 4.42. The van der Waals surface area contributed by atoms with Crippen LogP contribution in [-0.4, -0.2) is 50.7 Å². The number of aromatic nitrogens is 2. The van der Waals surface area contributed by atoms with Crippen LogP contribution in [0.15, 0.2) is 24.4 Å². The van der Waals surface area contributed by atoms with E-state index in [9.17, 15) is 14.7 Å². The van der Waals surface area contributed by atoms with Gasteiger partial charge in [0, 0.05) is 17.6 Å². The summed E-state index contributed by atoms with van der Waals surface area (Å²) in [5.41, 5.74) is 1.56. The third kappa shape index (κ3) is 3.82. The highest BCUT2D eigenvalue weighted by atomic mass is 16.3. The molecule has 0 aliphatic carbocycles. The van der Waals surface area contributed by atoms with Gasteiger partial charge in [-0.1, -0.05) is 13.8 Å². The number of H-pyrrole nitrogens is 1. The van der Waals surface area contributed by atoms with Crippen LogP contribution in [0.3, 0.4) is 0 Å². The lowest BCUT2D eigenvalue weighted by Crippen LogP contribution is -2.47. The number of aromatic amines is 1. The number of nitrogens with one attached hydrogen (secondary N) is 2. The van der Waals surface area contributed by atoms with E-state index < -0.39 is 12.1 Å². The molecule has 1 aliphatic rings. The van der Waals surface area contributed by atoms with Gasteiger partial charge in [-0.25, -0.2) is 0 Å². The van der Waals surface area contributed by atoms with Gasteiger partial charge < -0.3 is 15.3 Å². The zero-order valence-electron chi connectivity index (χ0n) is 14.5. The first-order valence-electron chi connectivity index (χ1n) is 8.68. The lowest BCUT2D eigenvalue weighted by Gasteiger charge is -2.26. The van der Waals surface area contributed by atoms with Gasteiger partial charge in [0.1, 0.15) is 12.1 Å². The molecule has 0 spiro atoms. The first-order chi connectivity index (χ1) is 12.0. The van der Waals surface area contributed by atoms with Gasteiger partial charge in [-0.15, -0.1) is 0 Å². The summed E-state index contributed by atoms with van der Waals surface area (Å²) in [7, 11) is 0. The van der Waals surface area contributed by atoms with Crippen molar-refractivity contribution >= 4 is 28.4 Å². The number of hydrogen-bond donors (Lipinski definition) is 3. The van der Waals surface area contributed by atoms with Crippen LogP contribution in [0.1, 0.15) is 33.1 Å². The molecule has 2 heterocycles. The SMILES string of the molecule is CC(C)C[C@H](O)C(=O)N1CCC[C@@H]1C(=O)Nc1ccc2[nH]ncc2c1. The summed E-state index contributed by atoms with van der Waals surface area (Å²) >= 11 is 0. The van der Waals surface area contributed by atoms with Crippen molar-refractivity contribution in [3.63, 3.8) is 0 Å². The van der Waals surface area contributed by atoms with Gasteiger partial charge in [0.15, 0.2) is 0 Å². The summed E-state index contributed by atoms with van der Waals surface area (Å²) in [5.74, 6) is -0.349. The quantitative estimate of drug-likeness (QED) is 0.771. The second-order valence-electron chi connectivity index (χ2n) is 7.00. The van der Waals surface area contributed by atoms with Crippen molar-refractivity contribution < 1.29 is 14.7 Å². The van der Waals surface area contributed by atoms with Crippen molar-refractivity contribution in [1.29, 1.82) is 0 Å². The maximum atomic E-state index is 12.6. The van der Waals surface area contributed by atoms with E-state index in [4.69, 9.17) is 0 Å². The molecular weight excluding hydrogens is 320 g/mol. The number of likely N-dealkylation sites (tertiary alicyclic amines) is 1. The van der Waals surface area contributed by atoms with Gasteiger partial charge in [0.05, 0.1) is 11.7 Å². The van der Waals surface area contributed by atoms with Crippen LogP contribution in [0.5, 0.6) is 0 Å². The molecule has 1 saturated heterocycles. The van der Waals surface area contributed by atoms with Crippen molar-refractivity contribution in [2.75, 3.05) is 11.9 Å². The molecule has 0 unspecified atom stereocenters. The Morgan fingerprint density at radius 1 is 1.44 bits per heavy atom. The molecule has 1 aliphatic heterocycles. The Morgan fingerprint density at radius 2 is 2.24 bits per heavy atom. The standard InChI is InChI=1S/C18H24N4O3/c1-11(2)8-16(23)18(25)22-7-3-4-15(22)17(24)20-13-5-6-14-12(9-13)10-19-21-14/h5-6,9-11,15-16,23H,3-4,7-8H2,1-2H3,(H,19,21)(H,20,24)/t15-,16+/m1/s1. The number of nitrogens with zero attached hydrogens (tertiary/aromatic N) is 2. The largest absolute Gasteiger partial charge is 0.383 e. The molecule has 7 heteroatoms. The Kier molecular flexibility index (Phi) is 5.03. The zero-order valence-corrected chi connectivity index (χ0v) is 14.5. The Bertz CT molecular complexity index is 771. The molecule has 2 atom stereocenters. The third-order valence-electron chi connectivity index (χ3n) is 4.53. The van der Waals surface area contributed by atoms with Crippen molar-refractivity contribution in [3.8, 4) is 0 Å². The highest BCUT2D eigenvalue weighted by Gasteiger charge is 2.36. The van der Waals surface area contributed by atoms with Gasteiger partial charge in [0.2, 0.25) is 5.91 Å². The molecule has 1 aromatic carbocycles. The molecule has 1 aromatic heterocycles. The fraction of sp³-hybridized carbons (Fsp3) is 0.500. The molecular formula is C18H24N4O3. The highest BCUT2D eigenvalue weighted by Crippen LogP contribution is 2.23. The van der Waals surface area contributed by atoms with Gasteiger partial charge >= 0.3 is 0 Å². The lowest BCUT2D eigenvalue weighted by molar-refractivity contribution is -0.144. The number of rotatable bonds is 5. The minimum Gasteiger partial charge on any atom is -0.383 e. The predicted octanol–water partition coefficient (Wildman–Crippen LogP) is 1.90. The zero-order chi connectivity index (χ0) is 18.0. The van der Waals surface area contributed by atoms with Crippen LogP contribution >= 0.6 is 0 Å². The Hall–Kier alpha value is -2.41. The number of fused-ring (bicyclic) bond motifs is 1. The van der Waals surface area contributed by atoms with Crippen LogP contribution in [0.25, 0.3) is 10.9 Å². The van der Waals surface area contributed by atoms with E-state index in [0.29, 0.717) is 25.1 Å². The van der Waals surface area contributed by atoms with Gasteiger partial charge in [0.25, 0.3) is 5.91 Å². The van der Waals surface area contributed by atoms with Gasteiger partial charge in [-0.3, -0.25) is 14.7 Å². The van der Waals surface area contributed by atoms with Crippen molar-refractivity contribution in [2.24, 2.45) is 5.92 Å². The van der Waals surface area contributed by atoms with Crippen LogP contribution < -0.4 is 5.32 Å². The molecule has 7 nitrogen and oxygen atoms in total. The van der Waals surface area contributed by atoms with Gasteiger partial charge in [-0.2, -0.15) is 5.10 Å². The fourth-order valence-corrected chi connectivity index (χ4v) is 3.29. The number of amides is 2. The number of aliphatic hydroxyl groups excluding tert-OH is 1. The minimum atomic E-state index is -1.05. The van der Waals surface area contributed by atoms with Crippen molar-refractivity contribution in [3.05, 3.63) is 24.4 Å². The normalized spacial score (nSPS) is 18.7. The fourth-order valence-electron chi connectivity index (χ4n) is 3.29. The monoisotopic (exact) mass is 344 g/mol. The molecule has 134 valence electrons. The molecule has 2 amide bonds. The first-order valence-corrected chi connectivity index (χ1v) is 8.68. The van der Waals surface area contributed by atoms with E-state index in [1.165, 1.54) is 4.90 Å². The first kappa shape index (κ1) is 17.4. The minimum absolute atomic E-state index is 0.217. The second kappa shape index (κ2) is 7.23. The predicted molar refractivity (Wildman–Crippen MR) is 94.9 cm³/mol. The van der Waals surface area contributed by atoms with Crippen LogP contribution in [0, 0.1) is 5.92 Å². The number of carbonyl (C=O) groups is 2. The summed E-state index contributed by atoms with van der Waals surface area (Å²) in [5, 5.41) is 20.7. The molecule has 1 fully saturated rings. The van der Waals surface area contributed by atoms with Crippen LogP contribution in [-0.2, 0) is 9.59 Å². The number of carbonyl (C=O) groups excluding carboxylic acids is 2. The molecule has 0 bridgehead atoms. The number of hydrogen-bond acceptors (Lipinski definition) is 4. The summed E-state index contributed by atoms with van der Waals surface area (Å²) in [4.78, 5) is 26.6. The molecule has 2 aromatic rings. The average Bonchev–Trinajstić information content (AvgIpc) is 3.22. The third-order valence-corrected chi connectivity index (χ3v) is 4.53. The van der Waals surface area contributed by atoms with E-state index in [1.807, 2.05) is 26.0 Å². The number of anilines is 1. The lowest BCUT2D eigenvalue weighted by atomic mass is 10.0. The maximum Gasteiger partial charge on any atom is 0.252 e. The summed E-state index contributed by atoms with van der Waals surface area (Å²) < 4.78 is 0. The second-order valence-corrected chi connectivity index (χ2v) is 7.00. The topological polar surface area (TPSA) is 98.3 Å². The molecule has 0 radical (unpaired) electrons. The van der Waals surface area contributed by atoms with Crippen molar-refractivity contribution in [2.45, 2.75) is 45.3 Å². The average molecular weight is 344 g/mol. The molecule has 25 heavy (non-hydrogen) atoms.